The predicted molar refractivity (Wildman–Crippen MR) is 86.3 cm³/mol. The normalized spacial score (nSPS) is 9.10. The number of nitriles is 2. The minimum absolute atomic E-state index is 0.360. The van der Waals surface area contributed by atoms with Gasteiger partial charge in [-0.25, -0.2) is 0 Å². The molecule has 0 bridgehead atoms. The maximum Gasteiger partial charge on any atom is 0.141 e. The largest absolute Gasteiger partial charge is 0.350 e. The third kappa shape index (κ3) is 3.96. The molecule has 0 aliphatic heterocycles. The van der Waals surface area contributed by atoms with Crippen molar-refractivity contribution in [2.75, 3.05) is 13.1 Å². The lowest BCUT2D eigenvalue weighted by atomic mass is 10.1. The molecule has 0 saturated heterocycles. The molecule has 5 heteroatoms. The zero-order valence-corrected chi connectivity index (χ0v) is 12.5. The first-order valence-corrected chi connectivity index (χ1v) is 7.02. The maximum atomic E-state index is 9.18. The third-order valence-corrected chi connectivity index (χ3v) is 3.91. The molecule has 0 atom stereocenters. The highest BCUT2D eigenvalue weighted by atomic mass is 32.2. The average molecular weight is 299 g/mol. The summed E-state index contributed by atoms with van der Waals surface area (Å²) in [7, 11) is 0. The van der Waals surface area contributed by atoms with Crippen LogP contribution in [0.15, 0.2) is 48.4 Å². The van der Waals surface area contributed by atoms with Gasteiger partial charge >= 0.3 is 0 Å². The summed E-state index contributed by atoms with van der Waals surface area (Å²) in [5.41, 5.74) is 0.721. The first kappa shape index (κ1) is 16.0. The summed E-state index contributed by atoms with van der Waals surface area (Å²) in [6.45, 7) is 8.60. The number of hydrogen-bond donors (Lipinski definition) is 0. The van der Waals surface area contributed by atoms with Gasteiger partial charge in [-0.05, 0) is 12.1 Å². The zero-order valence-electron chi connectivity index (χ0n) is 10.9. The lowest BCUT2D eigenvalue weighted by Gasteiger charge is -2.21. The Kier molecular flexibility index (Phi) is 6.52. The lowest BCUT2D eigenvalue weighted by Crippen LogP contribution is -2.27. The van der Waals surface area contributed by atoms with Gasteiger partial charge in [-0.2, -0.15) is 10.5 Å². The molecule has 0 spiro atoms. The maximum absolute atomic E-state index is 9.18. The van der Waals surface area contributed by atoms with E-state index in [1.807, 2.05) is 11.0 Å². The molecule has 0 saturated carbocycles. The van der Waals surface area contributed by atoms with Crippen LogP contribution in [-0.2, 0) is 0 Å². The molecular formula is C15H13N3S2. The highest BCUT2D eigenvalue weighted by molar-refractivity contribution is 8.23. The number of benzene rings is 1. The van der Waals surface area contributed by atoms with Gasteiger partial charge in [0.05, 0.1) is 11.1 Å². The van der Waals surface area contributed by atoms with Crippen LogP contribution in [0.2, 0.25) is 0 Å². The number of nitrogens with zero attached hydrogens (tertiary/aromatic N) is 3. The Balaban J connectivity index is 3.01. The Bertz CT molecular complexity index is 599. The van der Waals surface area contributed by atoms with Crippen LogP contribution in [0.3, 0.4) is 0 Å². The van der Waals surface area contributed by atoms with Crippen molar-refractivity contribution in [1.29, 1.82) is 10.5 Å². The van der Waals surface area contributed by atoms with Crippen molar-refractivity contribution in [3.8, 4) is 12.1 Å². The van der Waals surface area contributed by atoms with Crippen LogP contribution in [0.25, 0.3) is 0 Å². The highest BCUT2D eigenvalue weighted by Crippen LogP contribution is 2.27. The fourth-order valence-corrected chi connectivity index (χ4v) is 2.81. The van der Waals surface area contributed by atoms with Gasteiger partial charge in [0.1, 0.15) is 16.5 Å². The van der Waals surface area contributed by atoms with E-state index >= 15 is 0 Å². The fraction of sp³-hybridized carbons (Fsp3) is 0.133. The van der Waals surface area contributed by atoms with Gasteiger partial charge in [-0.15, -0.1) is 13.2 Å². The van der Waals surface area contributed by atoms with Gasteiger partial charge in [0, 0.05) is 18.0 Å². The van der Waals surface area contributed by atoms with Crippen LogP contribution >= 0.6 is 24.0 Å². The summed E-state index contributed by atoms with van der Waals surface area (Å²) >= 11 is 6.68. The smallest absolute Gasteiger partial charge is 0.141 e. The van der Waals surface area contributed by atoms with Crippen LogP contribution < -0.4 is 0 Å². The lowest BCUT2D eigenvalue weighted by molar-refractivity contribution is 0.533. The van der Waals surface area contributed by atoms with E-state index in [0.29, 0.717) is 33.4 Å². The SMILES string of the molecule is C=CCN(CC=C)C(=S)Sc1cccc(C#N)c1C#N. The molecule has 0 amide bonds. The average Bonchev–Trinajstić information content (AvgIpc) is 2.46. The van der Waals surface area contributed by atoms with Gasteiger partial charge in [0.25, 0.3) is 0 Å². The Morgan fingerprint density at radius 2 is 1.90 bits per heavy atom. The Labute approximate surface area is 128 Å². The van der Waals surface area contributed by atoms with Gasteiger partial charge < -0.3 is 4.90 Å². The van der Waals surface area contributed by atoms with Crippen LogP contribution in [0, 0.1) is 22.7 Å². The highest BCUT2D eigenvalue weighted by Gasteiger charge is 2.13. The minimum Gasteiger partial charge on any atom is -0.350 e. The summed E-state index contributed by atoms with van der Waals surface area (Å²) in [4.78, 5) is 2.61. The fourth-order valence-electron chi connectivity index (χ4n) is 1.52. The van der Waals surface area contributed by atoms with Crippen molar-refractivity contribution in [3.63, 3.8) is 0 Å². The Hall–Kier alpha value is -2.08. The van der Waals surface area contributed by atoms with Crippen molar-refractivity contribution in [2.45, 2.75) is 4.90 Å². The third-order valence-electron chi connectivity index (χ3n) is 2.41. The molecular weight excluding hydrogens is 286 g/mol. The summed E-state index contributed by atoms with van der Waals surface area (Å²) in [6.07, 6.45) is 3.51. The van der Waals surface area contributed by atoms with E-state index in [4.69, 9.17) is 17.5 Å². The number of thioether (sulfide) groups is 1. The second kappa shape index (κ2) is 8.16. The van der Waals surface area contributed by atoms with E-state index < -0.39 is 0 Å². The molecule has 100 valence electrons. The van der Waals surface area contributed by atoms with Crippen LogP contribution in [-0.4, -0.2) is 22.3 Å². The Morgan fingerprint density at radius 3 is 2.40 bits per heavy atom. The molecule has 3 nitrogen and oxygen atoms in total. The predicted octanol–water partition coefficient (Wildman–Crippen LogP) is 3.48. The van der Waals surface area contributed by atoms with Crippen molar-refractivity contribution in [3.05, 3.63) is 54.6 Å². The van der Waals surface area contributed by atoms with E-state index in [1.165, 1.54) is 11.8 Å². The molecule has 0 N–H and O–H groups in total. The van der Waals surface area contributed by atoms with E-state index in [0.717, 1.165) is 0 Å². The number of thiocarbonyl (C=S) groups is 1. The van der Waals surface area contributed by atoms with Crippen LogP contribution in [0.5, 0.6) is 0 Å². The Morgan fingerprint density at radius 1 is 1.25 bits per heavy atom. The second-order valence-corrected chi connectivity index (χ2v) is 5.43. The molecule has 1 aromatic carbocycles. The molecule has 1 aromatic rings. The minimum atomic E-state index is 0.360. The first-order valence-electron chi connectivity index (χ1n) is 5.79. The van der Waals surface area contributed by atoms with Crippen LogP contribution in [0.4, 0.5) is 0 Å². The summed E-state index contributed by atoms with van der Waals surface area (Å²) in [6, 6.07) is 9.23. The van der Waals surface area contributed by atoms with Crippen molar-refractivity contribution in [2.24, 2.45) is 0 Å². The van der Waals surface area contributed by atoms with E-state index in [-0.39, 0.29) is 0 Å². The van der Waals surface area contributed by atoms with Gasteiger partial charge in [-0.1, -0.05) is 42.2 Å². The molecule has 1 rings (SSSR count). The molecule has 0 aliphatic carbocycles. The first-order chi connectivity index (χ1) is 9.67. The summed E-state index contributed by atoms with van der Waals surface area (Å²) in [5, 5.41) is 18.2. The molecule has 0 heterocycles. The topological polar surface area (TPSA) is 50.8 Å². The van der Waals surface area contributed by atoms with Gasteiger partial charge in [0.15, 0.2) is 0 Å². The molecule has 0 fully saturated rings. The standard InChI is InChI=1S/C15H13N3S2/c1-3-8-18(9-4-2)15(19)20-14-7-5-6-12(10-16)13(14)11-17/h3-7H,1-2,8-9H2. The molecule has 0 aliphatic rings. The number of rotatable bonds is 5. The van der Waals surface area contributed by atoms with Crippen molar-refractivity contribution in [1.82, 2.24) is 4.90 Å². The number of hydrogen-bond acceptors (Lipinski definition) is 4. The van der Waals surface area contributed by atoms with E-state index in [2.05, 4.69) is 19.2 Å². The molecule has 20 heavy (non-hydrogen) atoms. The molecule has 0 aromatic heterocycles. The van der Waals surface area contributed by atoms with Gasteiger partial charge in [0.2, 0.25) is 0 Å². The molecule has 0 radical (unpaired) electrons. The van der Waals surface area contributed by atoms with Crippen LogP contribution in [0.1, 0.15) is 11.1 Å². The van der Waals surface area contributed by atoms with Crippen molar-refractivity contribution < 1.29 is 0 Å². The van der Waals surface area contributed by atoms with Gasteiger partial charge in [-0.3, -0.25) is 0 Å². The summed E-state index contributed by atoms with van der Waals surface area (Å²) < 4.78 is 0.622. The monoisotopic (exact) mass is 299 g/mol. The zero-order chi connectivity index (χ0) is 15.0. The van der Waals surface area contributed by atoms with E-state index in [1.54, 1.807) is 30.4 Å². The van der Waals surface area contributed by atoms with Crippen molar-refractivity contribution >= 4 is 28.3 Å². The second-order valence-electron chi connectivity index (χ2n) is 3.75. The quantitative estimate of drug-likeness (QED) is 0.473. The van der Waals surface area contributed by atoms with E-state index in [9.17, 15) is 5.26 Å². The summed E-state index contributed by atoms with van der Waals surface area (Å²) in [5.74, 6) is 0. The molecule has 0 unspecified atom stereocenters.